The molecule has 1 fully saturated rings. The van der Waals surface area contributed by atoms with Crippen LogP contribution in [0.1, 0.15) is 51.9 Å². The molecule has 4 heteroatoms. The first-order chi connectivity index (χ1) is 11.2. The number of thiocarbonyl (C=S) groups is 1. The Hall–Kier alpha value is -1.13. The molecule has 0 amide bonds. The zero-order valence-corrected chi connectivity index (χ0v) is 15.1. The van der Waals surface area contributed by atoms with Gasteiger partial charge in [-0.25, -0.2) is 0 Å². The Morgan fingerprint density at radius 2 is 1.91 bits per heavy atom. The molecule has 0 spiro atoms. The van der Waals surface area contributed by atoms with Gasteiger partial charge in [0.1, 0.15) is 5.75 Å². The van der Waals surface area contributed by atoms with Crippen molar-refractivity contribution in [2.24, 2.45) is 5.92 Å². The first-order valence-corrected chi connectivity index (χ1v) is 9.21. The molecule has 0 radical (unpaired) electrons. The third-order valence-electron chi connectivity index (χ3n) is 4.70. The van der Waals surface area contributed by atoms with Gasteiger partial charge in [0.15, 0.2) is 0 Å². The lowest BCUT2D eigenvalue weighted by atomic mass is 9.96. The van der Waals surface area contributed by atoms with Gasteiger partial charge in [0.05, 0.1) is 18.2 Å². The van der Waals surface area contributed by atoms with Gasteiger partial charge in [-0.05, 0) is 37.1 Å². The number of rotatable bonds is 9. The van der Waals surface area contributed by atoms with Gasteiger partial charge in [-0.2, -0.15) is 0 Å². The molecule has 1 heterocycles. The van der Waals surface area contributed by atoms with Gasteiger partial charge in [0.25, 0.3) is 0 Å². The van der Waals surface area contributed by atoms with Crippen molar-refractivity contribution < 1.29 is 9.84 Å². The smallest absolute Gasteiger partial charge is 0.119 e. The summed E-state index contributed by atoms with van der Waals surface area (Å²) in [6.07, 6.45) is 7.65. The van der Waals surface area contributed by atoms with Crippen molar-refractivity contribution in [3.05, 3.63) is 24.3 Å². The van der Waals surface area contributed by atoms with Crippen molar-refractivity contribution in [1.29, 1.82) is 0 Å². The summed E-state index contributed by atoms with van der Waals surface area (Å²) in [5, 5.41) is 10.5. The number of hydrogen-bond donors (Lipinski definition) is 1. The van der Waals surface area contributed by atoms with E-state index in [1.807, 2.05) is 24.3 Å². The molecule has 1 aliphatic heterocycles. The molecule has 1 saturated heterocycles. The van der Waals surface area contributed by atoms with E-state index in [4.69, 9.17) is 17.0 Å². The Bertz CT molecular complexity index is 489. The lowest BCUT2D eigenvalue weighted by molar-refractivity contribution is 0.127. The van der Waals surface area contributed by atoms with Crippen molar-refractivity contribution in [1.82, 2.24) is 0 Å². The number of hydrogen-bond acceptors (Lipinski definition) is 3. The Kier molecular flexibility index (Phi) is 7.31. The summed E-state index contributed by atoms with van der Waals surface area (Å²) in [5.41, 5.74) is 1.09. The molecule has 3 nitrogen and oxygen atoms in total. The van der Waals surface area contributed by atoms with Gasteiger partial charge >= 0.3 is 0 Å². The standard InChI is InChI=1S/C19H29NO2S/c1-3-4-5-6-7-8-18(21)17-13-14-20(19(17)23)15-9-11-16(22-2)12-10-15/h9-12,17-18,21H,3-8,13-14H2,1-2H3/t17-,18-/m0/s1. The zero-order valence-electron chi connectivity index (χ0n) is 14.3. The molecule has 0 aromatic heterocycles. The van der Waals surface area contributed by atoms with Gasteiger partial charge in [-0.3, -0.25) is 0 Å². The van der Waals surface area contributed by atoms with E-state index in [-0.39, 0.29) is 12.0 Å². The minimum absolute atomic E-state index is 0.123. The van der Waals surface area contributed by atoms with E-state index in [0.29, 0.717) is 0 Å². The summed E-state index contributed by atoms with van der Waals surface area (Å²) in [4.78, 5) is 3.04. The number of benzene rings is 1. The predicted molar refractivity (Wildman–Crippen MR) is 100 cm³/mol. The number of ether oxygens (including phenoxy) is 1. The van der Waals surface area contributed by atoms with Crippen LogP contribution in [0.3, 0.4) is 0 Å². The first kappa shape index (κ1) is 18.2. The monoisotopic (exact) mass is 335 g/mol. The average molecular weight is 336 g/mol. The average Bonchev–Trinajstić information content (AvgIpc) is 2.96. The van der Waals surface area contributed by atoms with Crippen molar-refractivity contribution in [3.8, 4) is 5.75 Å². The van der Waals surface area contributed by atoms with Crippen molar-refractivity contribution in [2.75, 3.05) is 18.6 Å². The van der Waals surface area contributed by atoms with Crippen molar-refractivity contribution >= 4 is 22.9 Å². The highest BCUT2D eigenvalue weighted by molar-refractivity contribution is 7.80. The van der Waals surface area contributed by atoms with E-state index >= 15 is 0 Å². The van der Waals surface area contributed by atoms with Crippen LogP contribution >= 0.6 is 12.2 Å². The van der Waals surface area contributed by atoms with Gasteiger partial charge in [0, 0.05) is 18.2 Å². The second-order valence-corrected chi connectivity index (χ2v) is 6.77. The fourth-order valence-corrected chi connectivity index (χ4v) is 3.71. The third-order valence-corrected chi connectivity index (χ3v) is 5.22. The molecular weight excluding hydrogens is 306 g/mol. The summed E-state index contributed by atoms with van der Waals surface area (Å²) >= 11 is 5.64. The van der Waals surface area contributed by atoms with E-state index in [1.165, 1.54) is 25.7 Å². The molecule has 0 bridgehead atoms. The highest BCUT2D eigenvalue weighted by atomic mass is 32.1. The van der Waals surface area contributed by atoms with Crippen LogP contribution in [0.4, 0.5) is 5.69 Å². The molecule has 2 rings (SSSR count). The molecule has 23 heavy (non-hydrogen) atoms. The maximum Gasteiger partial charge on any atom is 0.119 e. The van der Waals surface area contributed by atoms with Crippen LogP contribution in [-0.2, 0) is 0 Å². The molecule has 128 valence electrons. The van der Waals surface area contributed by atoms with E-state index in [2.05, 4.69) is 11.8 Å². The summed E-state index contributed by atoms with van der Waals surface area (Å²) in [7, 11) is 1.67. The normalized spacial score (nSPS) is 19.2. The van der Waals surface area contributed by atoms with E-state index < -0.39 is 0 Å². The van der Waals surface area contributed by atoms with Crippen LogP contribution in [0, 0.1) is 5.92 Å². The number of unbranched alkanes of at least 4 members (excludes halogenated alkanes) is 4. The van der Waals surface area contributed by atoms with E-state index in [0.717, 1.165) is 42.2 Å². The Balaban J connectivity index is 1.85. The predicted octanol–water partition coefficient (Wildman–Crippen LogP) is 4.57. The maximum absolute atomic E-state index is 10.5. The van der Waals surface area contributed by atoms with Gasteiger partial charge < -0.3 is 14.7 Å². The summed E-state index contributed by atoms with van der Waals surface area (Å²) in [6.45, 7) is 3.11. The highest BCUT2D eigenvalue weighted by Gasteiger charge is 2.33. The first-order valence-electron chi connectivity index (χ1n) is 8.81. The second-order valence-electron chi connectivity index (χ2n) is 6.35. The Morgan fingerprint density at radius 3 is 2.57 bits per heavy atom. The fraction of sp³-hybridized carbons (Fsp3) is 0.632. The quantitative estimate of drug-likeness (QED) is 0.529. The lowest BCUT2D eigenvalue weighted by Crippen LogP contribution is -2.30. The van der Waals surface area contributed by atoms with Crippen LogP contribution in [0.5, 0.6) is 5.75 Å². The molecule has 0 saturated carbocycles. The zero-order chi connectivity index (χ0) is 16.7. The van der Waals surface area contributed by atoms with Crippen LogP contribution in [-0.4, -0.2) is 29.9 Å². The summed E-state index contributed by atoms with van der Waals surface area (Å²) in [5.74, 6) is 0.973. The lowest BCUT2D eigenvalue weighted by Gasteiger charge is -2.22. The number of aliphatic hydroxyl groups excluding tert-OH is 1. The molecule has 1 aromatic rings. The van der Waals surface area contributed by atoms with Gasteiger partial charge in [0.2, 0.25) is 0 Å². The molecule has 1 aromatic carbocycles. The Morgan fingerprint density at radius 1 is 1.22 bits per heavy atom. The minimum Gasteiger partial charge on any atom is -0.497 e. The molecule has 1 N–H and O–H groups in total. The van der Waals surface area contributed by atoms with E-state index in [1.54, 1.807) is 7.11 Å². The van der Waals surface area contributed by atoms with E-state index in [9.17, 15) is 5.11 Å². The number of nitrogens with zero attached hydrogens (tertiary/aromatic N) is 1. The largest absolute Gasteiger partial charge is 0.497 e. The topological polar surface area (TPSA) is 32.7 Å². The van der Waals surface area contributed by atoms with Crippen molar-refractivity contribution in [2.45, 2.75) is 58.0 Å². The van der Waals surface area contributed by atoms with Crippen LogP contribution in [0.15, 0.2) is 24.3 Å². The summed E-state index contributed by atoms with van der Waals surface area (Å²) < 4.78 is 5.20. The summed E-state index contributed by atoms with van der Waals surface area (Å²) in [6, 6.07) is 7.97. The van der Waals surface area contributed by atoms with Crippen LogP contribution in [0.2, 0.25) is 0 Å². The molecule has 1 aliphatic rings. The maximum atomic E-state index is 10.5. The SMILES string of the molecule is CCCCCCC[C@H](O)[C@@H]1CCN(c2ccc(OC)cc2)C1=S. The fourth-order valence-electron chi connectivity index (χ4n) is 3.24. The van der Waals surface area contributed by atoms with Gasteiger partial charge in [-0.15, -0.1) is 0 Å². The Labute approximate surface area is 145 Å². The highest BCUT2D eigenvalue weighted by Crippen LogP contribution is 2.31. The molecule has 2 atom stereocenters. The third kappa shape index (κ3) is 4.92. The van der Waals surface area contributed by atoms with Crippen LogP contribution in [0.25, 0.3) is 0 Å². The van der Waals surface area contributed by atoms with Gasteiger partial charge in [-0.1, -0.05) is 51.2 Å². The van der Waals surface area contributed by atoms with Crippen LogP contribution < -0.4 is 9.64 Å². The second kappa shape index (κ2) is 9.24. The molecule has 0 aliphatic carbocycles. The minimum atomic E-state index is -0.299. The molecular formula is C19H29NO2S. The number of anilines is 1. The molecule has 0 unspecified atom stereocenters. The number of aliphatic hydroxyl groups is 1. The van der Waals surface area contributed by atoms with Crippen molar-refractivity contribution in [3.63, 3.8) is 0 Å². The number of methoxy groups -OCH3 is 1.